The first-order chi connectivity index (χ1) is 7.22. The molecule has 5 nitrogen and oxygen atoms in total. The van der Waals surface area contributed by atoms with Crippen LogP contribution < -0.4 is 11.3 Å². The molecule has 0 saturated carbocycles. The number of likely N-dealkylation sites (tertiary alicyclic amines) is 1. The first-order valence-corrected chi connectivity index (χ1v) is 5.58. The SMILES string of the molecule is CCC(C(=O)NN)N1CCCC(CO)C1. The summed E-state index contributed by atoms with van der Waals surface area (Å²) in [6.07, 6.45) is 2.84. The molecule has 0 radical (unpaired) electrons. The maximum atomic E-state index is 11.5. The zero-order chi connectivity index (χ0) is 11.3. The van der Waals surface area contributed by atoms with Crippen molar-refractivity contribution in [3.63, 3.8) is 0 Å². The van der Waals surface area contributed by atoms with Crippen molar-refractivity contribution < 1.29 is 9.90 Å². The van der Waals surface area contributed by atoms with Crippen LogP contribution in [0.25, 0.3) is 0 Å². The van der Waals surface area contributed by atoms with E-state index in [1.807, 2.05) is 6.92 Å². The Balaban J connectivity index is 2.55. The number of hydrazine groups is 1. The Morgan fingerprint density at radius 3 is 3.00 bits per heavy atom. The summed E-state index contributed by atoms with van der Waals surface area (Å²) in [5.74, 6) is 5.32. The monoisotopic (exact) mass is 215 g/mol. The van der Waals surface area contributed by atoms with Gasteiger partial charge in [0.2, 0.25) is 0 Å². The van der Waals surface area contributed by atoms with Gasteiger partial charge in [0.25, 0.3) is 5.91 Å². The predicted molar refractivity (Wildman–Crippen MR) is 57.8 cm³/mol. The van der Waals surface area contributed by atoms with E-state index >= 15 is 0 Å². The largest absolute Gasteiger partial charge is 0.396 e. The van der Waals surface area contributed by atoms with E-state index in [2.05, 4.69) is 10.3 Å². The van der Waals surface area contributed by atoms with Gasteiger partial charge < -0.3 is 5.11 Å². The number of carbonyl (C=O) groups excluding carboxylic acids is 1. The lowest BCUT2D eigenvalue weighted by atomic mass is 9.97. The number of nitrogens with zero attached hydrogens (tertiary/aromatic N) is 1. The highest BCUT2D eigenvalue weighted by Gasteiger charge is 2.28. The number of hydrogen-bond donors (Lipinski definition) is 3. The van der Waals surface area contributed by atoms with Gasteiger partial charge in [-0.25, -0.2) is 5.84 Å². The second-order valence-corrected chi connectivity index (χ2v) is 4.12. The number of carbonyl (C=O) groups is 1. The van der Waals surface area contributed by atoms with E-state index in [1.165, 1.54) is 0 Å². The van der Waals surface area contributed by atoms with Crippen molar-refractivity contribution in [2.75, 3.05) is 19.7 Å². The van der Waals surface area contributed by atoms with Gasteiger partial charge in [0, 0.05) is 13.2 Å². The number of aliphatic hydroxyl groups is 1. The third-order valence-corrected chi connectivity index (χ3v) is 3.08. The van der Waals surface area contributed by atoms with Gasteiger partial charge in [-0.15, -0.1) is 0 Å². The second kappa shape index (κ2) is 6.05. The quantitative estimate of drug-likeness (QED) is 0.334. The fourth-order valence-electron chi connectivity index (χ4n) is 2.23. The van der Waals surface area contributed by atoms with Gasteiger partial charge in [0.15, 0.2) is 0 Å². The van der Waals surface area contributed by atoms with E-state index in [0.29, 0.717) is 5.92 Å². The molecule has 0 aromatic rings. The van der Waals surface area contributed by atoms with Crippen LogP contribution in [-0.2, 0) is 4.79 Å². The van der Waals surface area contributed by atoms with Crippen LogP contribution in [0, 0.1) is 5.92 Å². The smallest absolute Gasteiger partial charge is 0.251 e. The number of nitrogens with one attached hydrogen (secondary N) is 1. The molecule has 4 N–H and O–H groups in total. The van der Waals surface area contributed by atoms with Crippen LogP contribution in [0.1, 0.15) is 26.2 Å². The summed E-state index contributed by atoms with van der Waals surface area (Å²) in [5, 5.41) is 9.11. The molecule has 1 aliphatic rings. The highest BCUT2D eigenvalue weighted by Crippen LogP contribution is 2.19. The summed E-state index contributed by atoms with van der Waals surface area (Å²) in [6, 6.07) is -0.149. The summed E-state index contributed by atoms with van der Waals surface area (Å²) in [5.41, 5.74) is 2.20. The van der Waals surface area contributed by atoms with E-state index in [1.54, 1.807) is 0 Å². The van der Waals surface area contributed by atoms with E-state index in [-0.39, 0.29) is 18.6 Å². The summed E-state index contributed by atoms with van der Waals surface area (Å²) >= 11 is 0. The minimum Gasteiger partial charge on any atom is -0.396 e. The van der Waals surface area contributed by atoms with Crippen molar-refractivity contribution in [3.05, 3.63) is 0 Å². The minimum atomic E-state index is -0.149. The van der Waals surface area contributed by atoms with Gasteiger partial charge in [-0.2, -0.15) is 0 Å². The molecular weight excluding hydrogens is 194 g/mol. The van der Waals surface area contributed by atoms with Gasteiger partial charge in [-0.05, 0) is 31.7 Å². The summed E-state index contributed by atoms with van der Waals surface area (Å²) < 4.78 is 0. The average molecular weight is 215 g/mol. The molecule has 5 heteroatoms. The summed E-state index contributed by atoms with van der Waals surface area (Å²) in [4.78, 5) is 13.6. The molecule has 0 aromatic heterocycles. The minimum absolute atomic E-state index is 0.129. The molecule has 0 aliphatic carbocycles. The molecule has 1 rings (SSSR count). The molecule has 88 valence electrons. The lowest BCUT2D eigenvalue weighted by molar-refractivity contribution is -0.127. The maximum Gasteiger partial charge on any atom is 0.251 e. The van der Waals surface area contributed by atoms with Crippen LogP contribution >= 0.6 is 0 Å². The molecule has 0 spiro atoms. The zero-order valence-electron chi connectivity index (χ0n) is 9.28. The van der Waals surface area contributed by atoms with Gasteiger partial charge >= 0.3 is 0 Å². The molecule has 1 aliphatic heterocycles. The normalized spacial score (nSPS) is 24.9. The van der Waals surface area contributed by atoms with E-state index in [9.17, 15) is 4.79 Å². The number of hydrogen-bond acceptors (Lipinski definition) is 4. The van der Waals surface area contributed by atoms with Gasteiger partial charge in [-0.1, -0.05) is 6.92 Å². The van der Waals surface area contributed by atoms with Gasteiger partial charge in [-0.3, -0.25) is 15.1 Å². The van der Waals surface area contributed by atoms with Crippen LogP contribution in [0.4, 0.5) is 0 Å². The topological polar surface area (TPSA) is 78.6 Å². The molecule has 1 heterocycles. The van der Waals surface area contributed by atoms with E-state index in [0.717, 1.165) is 32.4 Å². The molecular formula is C10H21N3O2. The Morgan fingerprint density at radius 1 is 1.73 bits per heavy atom. The average Bonchev–Trinajstić information content (AvgIpc) is 2.30. The van der Waals surface area contributed by atoms with E-state index < -0.39 is 0 Å². The number of rotatable bonds is 4. The maximum absolute atomic E-state index is 11.5. The molecule has 0 aromatic carbocycles. The summed E-state index contributed by atoms with van der Waals surface area (Å²) in [6.45, 7) is 3.89. The number of amides is 1. The van der Waals surface area contributed by atoms with Crippen molar-refractivity contribution in [1.82, 2.24) is 10.3 Å². The lowest BCUT2D eigenvalue weighted by Crippen LogP contribution is -2.52. The number of piperidine rings is 1. The van der Waals surface area contributed by atoms with Gasteiger partial charge in [0.1, 0.15) is 0 Å². The van der Waals surface area contributed by atoms with E-state index in [4.69, 9.17) is 10.9 Å². The molecule has 2 atom stereocenters. The second-order valence-electron chi connectivity index (χ2n) is 4.12. The van der Waals surface area contributed by atoms with Crippen LogP contribution in [-0.4, -0.2) is 41.7 Å². The van der Waals surface area contributed by atoms with Crippen molar-refractivity contribution in [2.45, 2.75) is 32.2 Å². The standard InChI is InChI=1S/C10H21N3O2/c1-2-9(10(15)12-11)13-5-3-4-8(6-13)7-14/h8-9,14H,2-7,11H2,1H3,(H,12,15). The van der Waals surface area contributed by atoms with Crippen LogP contribution in [0.3, 0.4) is 0 Å². The third kappa shape index (κ3) is 3.15. The fraction of sp³-hybridized carbons (Fsp3) is 0.900. The highest BCUT2D eigenvalue weighted by atomic mass is 16.3. The molecule has 2 unspecified atom stereocenters. The number of nitrogens with two attached hydrogens (primary N) is 1. The van der Waals surface area contributed by atoms with Crippen LogP contribution in [0.2, 0.25) is 0 Å². The number of aliphatic hydroxyl groups excluding tert-OH is 1. The summed E-state index contributed by atoms with van der Waals surface area (Å²) in [7, 11) is 0. The zero-order valence-corrected chi connectivity index (χ0v) is 9.28. The Bertz CT molecular complexity index is 211. The van der Waals surface area contributed by atoms with Crippen molar-refractivity contribution >= 4 is 5.91 Å². The molecule has 0 bridgehead atoms. The molecule has 1 amide bonds. The van der Waals surface area contributed by atoms with Crippen molar-refractivity contribution in [3.8, 4) is 0 Å². The van der Waals surface area contributed by atoms with Crippen LogP contribution in [0.5, 0.6) is 0 Å². The van der Waals surface area contributed by atoms with Crippen molar-refractivity contribution in [2.24, 2.45) is 11.8 Å². The Kier molecular flexibility index (Phi) is 5.01. The fourth-order valence-corrected chi connectivity index (χ4v) is 2.23. The lowest BCUT2D eigenvalue weighted by Gasteiger charge is -2.36. The Labute approximate surface area is 90.6 Å². The van der Waals surface area contributed by atoms with Crippen molar-refractivity contribution in [1.29, 1.82) is 0 Å². The highest BCUT2D eigenvalue weighted by molar-refractivity contribution is 5.81. The Hall–Kier alpha value is -0.650. The predicted octanol–water partition coefficient (Wildman–Crippen LogP) is -0.541. The third-order valence-electron chi connectivity index (χ3n) is 3.08. The molecule has 15 heavy (non-hydrogen) atoms. The van der Waals surface area contributed by atoms with Crippen LogP contribution in [0.15, 0.2) is 0 Å². The molecule has 1 fully saturated rings. The first-order valence-electron chi connectivity index (χ1n) is 5.58. The van der Waals surface area contributed by atoms with Gasteiger partial charge in [0.05, 0.1) is 6.04 Å². The molecule has 1 saturated heterocycles. The first kappa shape index (κ1) is 12.4. The Morgan fingerprint density at radius 2 is 2.47 bits per heavy atom.